The van der Waals surface area contributed by atoms with Crippen LogP contribution in [0.25, 0.3) is 0 Å². The zero-order chi connectivity index (χ0) is 16.0. The maximum Gasteiger partial charge on any atom is 0.321 e. The molecule has 1 aromatic rings. The average molecular weight is 294 g/mol. The Morgan fingerprint density at radius 1 is 1.29 bits per heavy atom. The molecule has 1 aromatic carbocycles. The number of carbonyl (C=O) groups excluding carboxylic acids is 1. The van der Waals surface area contributed by atoms with Crippen LogP contribution in [0.4, 0.5) is 5.69 Å². The van der Waals surface area contributed by atoms with Gasteiger partial charge in [-0.2, -0.15) is 0 Å². The third-order valence-corrected chi connectivity index (χ3v) is 3.00. The van der Waals surface area contributed by atoms with Gasteiger partial charge in [0.2, 0.25) is 5.91 Å². The van der Waals surface area contributed by atoms with E-state index < -0.39 is 18.1 Å². The summed E-state index contributed by atoms with van der Waals surface area (Å²) in [6.45, 7) is 5.50. The van der Waals surface area contributed by atoms with Crippen molar-refractivity contribution in [1.29, 1.82) is 0 Å². The lowest BCUT2D eigenvalue weighted by Crippen LogP contribution is -2.42. The summed E-state index contributed by atoms with van der Waals surface area (Å²) in [6, 6.07) is 4.59. The molecule has 0 heterocycles. The van der Waals surface area contributed by atoms with Crippen LogP contribution in [0.15, 0.2) is 18.2 Å². The van der Waals surface area contributed by atoms with Crippen molar-refractivity contribution in [2.24, 2.45) is 0 Å². The number of nitrogens with one attached hydrogen (secondary N) is 2. The average Bonchev–Trinajstić information content (AvgIpc) is 2.37. The van der Waals surface area contributed by atoms with Crippen LogP contribution in [0, 0.1) is 13.8 Å². The zero-order valence-corrected chi connectivity index (χ0v) is 12.5. The van der Waals surface area contributed by atoms with Crippen molar-refractivity contribution in [3.63, 3.8) is 0 Å². The molecule has 0 radical (unpaired) electrons. The summed E-state index contributed by atoms with van der Waals surface area (Å²) in [5, 5.41) is 23.6. The molecule has 0 saturated carbocycles. The van der Waals surface area contributed by atoms with E-state index >= 15 is 0 Å². The van der Waals surface area contributed by atoms with Gasteiger partial charge in [-0.25, -0.2) is 0 Å². The maximum absolute atomic E-state index is 11.9. The van der Waals surface area contributed by atoms with Crippen molar-refractivity contribution in [2.75, 3.05) is 11.9 Å². The molecule has 116 valence electrons. The Hall–Kier alpha value is -1.92. The number of aliphatic carboxylic acids is 1. The number of benzene rings is 1. The molecule has 4 N–H and O–H groups in total. The molecule has 1 unspecified atom stereocenters. The first-order chi connectivity index (χ1) is 9.79. The summed E-state index contributed by atoms with van der Waals surface area (Å²) < 4.78 is 0. The van der Waals surface area contributed by atoms with Crippen LogP contribution in [0.1, 0.15) is 24.5 Å². The number of amides is 1. The van der Waals surface area contributed by atoms with Gasteiger partial charge in [-0.15, -0.1) is 0 Å². The maximum atomic E-state index is 11.9. The van der Waals surface area contributed by atoms with Crippen LogP contribution >= 0.6 is 0 Å². The van der Waals surface area contributed by atoms with Crippen LogP contribution < -0.4 is 10.6 Å². The number of carboxylic acids is 1. The van der Waals surface area contributed by atoms with Crippen LogP contribution in [0.5, 0.6) is 0 Å². The van der Waals surface area contributed by atoms with Gasteiger partial charge in [-0.05, 0) is 32.4 Å². The first-order valence-corrected chi connectivity index (χ1v) is 6.81. The molecule has 0 aliphatic rings. The summed E-state index contributed by atoms with van der Waals surface area (Å²) in [4.78, 5) is 23.0. The number of aliphatic hydroxyl groups excluding tert-OH is 1. The highest BCUT2D eigenvalue weighted by molar-refractivity contribution is 5.94. The SMILES string of the molecule is Cc1ccc(NC(=O)C[C@H](NCC(C)O)C(=O)O)c(C)c1. The van der Waals surface area contributed by atoms with E-state index in [1.807, 2.05) is 26.0 Å². The number of aliphatic hydroxyl groups is 1. The predicted molar refractivity (Wildman–Crippen MR) is 80.3 cm³/mol. The third-order valence-electron chi connectivity index (χ3n) is 3.00. The zero-order valence-electron chi connectivity index (χ0n) is 12.5. The Balaban J connectivity index is 2.63. The van der Waals surface area contributed by atoms with Crippen LogP contribution in [-0.2, 0) is 9.59 Å². The first-order valence-electron chi connectivity index (χ1n) is 6.81. The van der Waals surface area contributed by atoms with Crippen molar-refractivity contribution in [1.82, 2.24) is 5.32 Å². The standard InChI is InChI=1S/C15H22N2O4/c1-9-4-5-12(10(2)6-9)17-14(19)7-13(15(20)21)16-8-11(3)18/h4-6,11,13,16,18H,7-8H2,1-3H3,(H,17,19)(H,20,21)/t11?,13-/m0/s1. The van der Waals surface area contributed by atoms with E-state index in [0.29, 0.717) is 5.69 Å². The second-order valence-corrected chi connectivity index (χ2v) is 5.22. The van der Waals surface area contributed by atoms with Gasteiger partial charge in [0, 0.05) is 12.2 Å². The fraction of sp³-hybridized carbons (Fsp3) is 0.467. The van der Waals surface area contributed by atoms with Gasteiger partial charge in [-0.1, -0.05) is 17.7 Å². The molecule has 6 heteroatoms. The number of anilines is 1. The lowest BCUT2D eigenvalue weighted by Gasteiger charge is -2.16. The molecule has 0 aliphatic carbocycles. The summed E-state index contributed by atoms with van der Waals surface area (Å²) in [6.07, 6.45) is -0.871. The topological polar surface area (TPSA) is 98.7 Å². The summed E-state index contributed by atoms with van der Waals surface area (Å²) >= 11 is 0. The Morgan fingerprint density at radius 2 is 1.95 bits per heavy atom. The highest BCUT2D eigenvalue weighted by atomic mass is 16.4. The van der Waals surface area contributed by atoms with E-state index in [2.05, 4.69) is 10.6 Å². The molecule has 0 fully saturated rings. The van der Waals surface area contributed by atoms with Crippen molar-refractivity contribution in [2.45, 2.75) is 39.3 Å². The van der Waals surface area contributed by atoms with Gasteiger partial charge in [-0.3, -0.25) is 9.59 Å². The van der Waals surface area contributed by atoms with E-state index in [1.165, 1.54) is 0 Å². The molecule has 1 amide bonds. The number of hydrogen-bond donors (Lipinski definition) is 4. The quantitative estimate of drug-likeness (QED) is 0.602. The molecular weight excluding hydrogens is 272 g/mol. The molecule has 0 aliphatic heterocycles. The van der Waals surface area contributed by atoms with Gasteiger partial charge >= 0.3 is 5.97 Å². The molecule has 0 saturated heterocycles. The largest absolute Gasteiger partial charge is 0.480 e. The van der Waals surface area contributed by atoms with Crippen molar-refractivity contribution in [3.8, 4) is 0 Å². The fourth-order valence-corrected chi connectivity index (χ4v) is 1.90. The van der Waals surface area contributed by atoms with Gasteiger partial charge in [0.05, 0.1) is 12.5 Å². The van der Waals surface area contributed by atoms with Crippen LogP contribution in [-0.4, -0.2) is 40.8 Å². The van der Waals surface area contributed by atoms with Gasteiger partial charge in [0.15, 0.2) is 0 Å². The third kappa shape index (κ3) is 5.93. The van der Waals surface area contributed by atoms with E-state index in [9.17, 15) is 9.59 Å². The minimum Gasteiger partial charge on any atom is -0.480 e. The molecule has 0 bridgehead atoms. The lowest BCUT2D eigenvalue weighted by atomic mass is 10.1. The monoisotopic (exact) mass is 294 g/mol. The fourth-order valence-electron chi connectivity index (χ4n) is 1.90. The summed E-state index contributed by atoms with van der Waals surface area (Å²) in [5.41, 5.74) is 2.69. The Morgan fingerprint density at radius 3 is 2.48 bits per heavy atom. The van der Waals surface area contributed by atoms with Gasteiger partial charge in [0.25, 0.3) is 0 Å². The van der Waals surface area contributed by atoms with Crippen molar-refractivity contribution in [3.05, 3.63) is 29.3 Å². The molecule has 0 aromatic heterocycles. The first kappa shape index (κ1) is 17.1. The molecule has 1 rings (SSSR count). The molecule has 0 spiro atoms. The second-order valence-electron chi connectivity index (χ2n) is 5.22. The normalized spacial score (nSPS) is 13.5. The number of carbonyl (C=O) groups is 2. The number of rotatable bonds is 7. The van der Waals surface area contributed by atoms with Crippen LogP contribution in [0.2, 0.25) is 0 Å². The Kier molecular flexibility index (Phi) is 6.33. The lowest BCUT2D eigenvalue weighted by molar-refractivity contribution is -0.141. The van der Waals surface area contributed by atoms with Gasteiger partial charge < -0.3 is 20.8 Å². The highest BCUT2D eigenvalue weighted by Gasteiger charge is 2.21. The smallest absolute Gasteiger partial charge is 0.321 e. The predicted octanol–water partition coefficient (Wildman–Crippen LogP) is 1.06. The molecule has 21 heavy (non-hydrogen) atoms. The van der Waals surface area contributed by atoms with Crippen molar-refractivity contribution < 1.29 is 19.8 Å². The molecule has 6 nitrogen and oxygen atoms in total. The minimum absolute atomic E-state index is 0.119. The van der Waals surface area contributed by atoms with E-state index in [0.717, 1.165) is 11.1 Å². The Labute approximate surface area is 124 Å². The molecular formula is C15H22N2O4. The van der Waals surface area contributed by atoms with E-state index in [4.69, 9.17) is 10.2 Å². The molecule has 2 atom stereocenters. The van der Waals surface area contributed by atoms with Crippen LogP contribution in [0.3, 0.4) is 0 Å². The second kappa shape index (κ2) is 7.75. The number of aryl methyl sites for hydroxylation is 2. The summed E-state index contributed by atoms with van der Waals surface area (Å²) in [7, 11) is 0. The number of hydrogen-bond acceptors (Lipinski definition) is 4. The van der Waals surface area contributed by atoms with Crippen molar-refractivity contribution >= 4 is 17.6 Å². The summed E-state index contributed by atoms with van der Waals surface area (Å²) in [5.74, 6) is -1.50. The highest BCUT2D eigenvalue weighted by Crippen LogP contribution is 2.16. The van der Waals surface area contributed by atoms with E-state index in [-0.39, 0.29) is 18.9 Å². The Bertz CT molecular complexity index is 514. The van der Waals surface area contributed by atoms with Gasteiger partial charge in [0.1, 0.15) is 6.04 Å². The number of carboxylic acid groups (broad SMARTS) is 1. The minimum atomic E-state index is -1.12. The van der Waals surface area contributed by atoms with E-state index in [1.54, 1.807) is 13.0 Å².